The molecule has 0 aromatic carbocycles. The Balaban J connectivity index is 1.79. The summed E-state index contributed by atoms with van der Waals surface area (Å²) in [5.41, 5.74) is -0.180. The molecule has 1 amide bonds. The van der Waals surface area contributed by atoms with Crippen molar-refractivity contribution in [2.45, 2.75) is 83.5 Å². The van der Waals surface area contributed by atoms with Gasteiger partial charge in [0.15, 0.2) is 0 Å². The van der Waals surface area contributed by atoms with E-state index in [2.05, 4.69) is 31.0 Å². The molecule has 0 aromatic rings. The Labute approximate surface area is 117 Å². The first-order valence-corrected chi connectivity index (χ1v) is 8.18. The van der Waals surface area contributed by atoms with Crippen molar-refractivity contribution in [2.24, 2.45) is 11.8 Å². The fraction of sp³-hybridized carbons (Fsp3) is 0.938. The number of carbonyl (C=O) groups is 1. The summed E-state index contributed by atoms with van der Waals surface area (Å²) in [4.78, 5) is 15.2. The van der Waals surface area contributed by atoms with Crippen LogP contribution < -0.4 is 5.32 Å². The first-order valence-electron chi connectivity index (χ1n) is 8.18. The molecule has 2 aliphatic carbocycles. The van der Waals surface area contributed by atoms with Crippen molar-refractivity contribution >= 4 is 5.91 Å². The van der Waals surface area contributed by atoms with Gasteiger partial charge in [0.25, 0.3) is 0 Å². The molecule has 19 heavy (non-hydrogen) atoms. The van der Waals surface area contributed by atoms with Gasteiger partial charge in [0.2, 0.25) is 5.91 Å². The van der Waals surface area contributed by atoms with Crippen LogP contribution in [0.5, 0.6) is 0 Å². The van der Waals surface area contributed by atoms with Gasteiger partial charge in [0.05, 0.1) is 11.7 Å². The highest BCUT2D eigenvalue weighted by Crippen LogP contribution is 2.46. The lowest BCUT2D eigenvalue weighted by Crippen LogP contribution is -2.44. The summed E-state index contributed by atoms with van der Waals surface area (Å²) in [5, 5.41) is 3.74. The molecular weight excluding hydrogens is 236 g/mol. The molecule has 3 nitrogen and oxygen atoms in total. The van der Waals surface area contributed by atoms with Crippen molar-refractivity contribution in [3.8, 4) is 0 Å². The number of nitrogens with zero attached hydrogens (tertiary/aromatic N) is 1. The number of carbonyl (C=O) groups excluding carboxylic acids is 1. The van der Waals surface area contributed by atoms with Crippen molar-refractivity contribution in [3.05, 3.63) is 0 Å². The molecule has 1 heterocycles. The predicted octanol–water partition coefficient (Wildman–Crippen LogP) is 2.90. The molecule has 3 unspecified atom stereocenters. The maximum Gasteiger partial charge on any atom is 0.244 e. The van der Waals surface area contributed by atoms with Gasteiger partial charge >= 0.3 is 0 Å². The van der Waals surface area contributed by atoms with Crippen LogP contribution in [0.2, 0.25) is 0 Å². The van der Waals surface area contributed by atoms with Gasteiger partial charge in [-0.3, -0.25) is 10.1 Å². The SMILES string of the molecule is CCC1CC1N1C(=O)C2(CCCC2)NC1CC(C)C. The number of rotatable bonds is 4. The van der Waals surface area contributed by atoms with Crippen LogP contribution in [-0.2, 0) is 4.79 Å². The molecule has 3 aliphatic rings. The van der Waals surface area contributed by atoms with Gasteiger partial charge in [0, 0.05) is 6.04 Å². The second-order valence-electron chi connectivity index (χ2n) is 7.26. The van der Waals surface area contributed by atoms with Gasteiger partial charge in [-0.1, -0.05) is 40.0 Å². The third-order valence-electron chi connectivity index (χ3n) is 5.34. The van der Waals surface area contributed by atoms with E-state index in [-0.39, 0.29) is 5.54 Å². The molecule has 3 fully saturated rings. The molecule has 0 radical (unpaired) electrons. The summed E-state index contributed by atoms with van der Waals surface area (Å²) in [5.74, 6) is 1.83. The van der Waals surface area contributed by atoms with Crippen LogP contribution in [-0.4, -0.2) is 28.6 Å². The van der Waals surface area contributed by atoms with Gasteiger partial charge < -0.3 is 4.90 Å². The molecule has 1 aliphatic heterocycles. The Morgan fingerprint density at radius 1 is 1.37 bits per heavy atom. The number of nitrogens with one attached hydrogen (secondary N) is 1. The molecule has 3 rings (SSSR count). The van der Waals surface area contributed by atoms with Crippen LogP contribution in [0.1, 0.15) is 65.7 Å². The van der Waals surface area contributed by atoms with E-state index in [4.69, 9.17) is 0 Å². The van der Waals surface area contributed by atoms with Crippen molar-refractivity contribution in [1.29, 1.82) is 0 Å². The van der Waals surface area contributed by atoms with Gasteiger partial charge in [-0.05, 0) is 37.5 Å². The maximum absolute atomic E-state index is 12.9. The van der Waals surface area contributed by atoms with Crippen molar-refractivity contribution in [2.75, 3.05) is 0 Å². The number of hydrogen-bond acceptors (Lipinski definition) is 2. The monoisotopic (exact) mass is 264 g/mol. The first kappa shape index (κ1) is 13.4. The van der Waals surface area contributed by atoms with Gasteiger partial charge in [-0.2, -0.15) is 0 Å². The predicted molar refractivity (Wildman–Crippen MR) is 76.6 cm³/mol. The third-order valence-corrected chi connectivity index (χ3v) is 5.34. The lowest BCUT2D eigenvalue weighted by molar-refractivity contribution is -0.134. The van der Waals surface area contributed by atoms with E-state index in [0.717, 1.165) is 25.2 Å². The van der Waals surface area contributed by atoms with E-state index in [0.29, 0.717) is 24.0 Å². The van der Waals surface area contributed by atoms with Crippen molar-refractivity contribution in [1.82, 2.24) is 10.2 Å². The lowest BCUT2D eigenvalue weighted by atomic mass is 9.98. The lowest BCUT2D eigenvalue weighted by Gasteiger charge is -2.26. The molecule has 1 saturated heterocycles. The largest absolute Gasteiger partial charge is 0.322 e. The van der Waals surface area contributed by atoms with E-state index >= 15 is 0 Å². The Bertz CT molecular complexity index is 360. The van der Waals surface area contributed by atoms with Crippen LogP contribution in [0.4, 0.5) is 0 Å². The summed E-state index contributed by atoms with van der Waals surface area (Å²) in [7, 11) is 0. The Morgan fingerprint density at radius 3 is 2.58 bits per heavy atom. The van der Waals surface area contributed by atoms with Gasteiger partial charge in [0.1, 0.15) is 0 Å². The average molecular weight is 264 g/mol. The summed E-state index contributed by atoms with van der Waals surface area (Å²) in [6.45, 7) is 6.77. The van der Waals surface area contributed by atoms with Crippen LogP contribution in [0.3, 0.4) is 0 Å². The smallest absolute Gasteiger partial charge is 0.244 e. The minimum Gasteiger partial charge on any atom is -0.322 e. The zero-order valence-electron chi connectivity index (χ0n) is 12.6. The van der Waals surface area contributed by atoms with Crippen molar-refractivity contribution in [3.63, 3.8) is 0 Å². The highest BCUT2D eigenvalue weighted by molar-refractivity contribution is 5.89. The molecule has 108 valence electrons. The molecule has 2 saturated carbocycles. The topological polar surface area (TPSA) is 32.3 Å². The summed E-state index contributed by atoms with van der Waals surface area (Å²) in [6, 6.07) is 0.536. The number of hydrogen-bond donors (Lipinski definition) is 1. The van der Waals surface area contributed by atoms with Crippen LogP contribution in [0.25, 0.3) is 0 Å². The van der Waals surface area contributed by atoms with Crippen LogP contribution in [0, 0.1) is 11.8 Å². The van der Waals surface area contributed by atoms with Crippen molar-refractivity contribution < 1.29 is 4.79 Å². The minimum atomic E-state index is -0.180. The normalized spacial score (nSPS) is 36.7. The Hall–Kier alpha value is -0.570. The van der Waals surface area contributed by atoms with Gasteiger partial charge in [-0.15, -0.1) is 0 Å². The maximum atomic E-state index is 12.9. The zero-order valence-corrected chi connectivity index (χ0v) is 12.6. The Morgan fingerprint density at radius 2 is 2.05 bits per heavy atom. The van der Waals surface area contributed by atoms with E-state index in [1.165, 1.54) is 25.7 Å². The Kier molecular flexibility index (Phi) is 3.36. The highest BCUT2D eigenvalue weighted by Gasteiger charge is 2.57. The average Bonchev–Trinajstić information content (AvgIpc) is 2.88. The van der Waals surface area contributed by atoms with Crippen LogP contribution >= 0.6 is 0 Å². The van der Waals surface area contributed by atoms with E-state index in [9.17, 15) is 4.79 Å². The first-order chi connectivity index (χ1) is 9.07. The quantitative estimate of drug-likeness (QED) is 0.847. The second kappa shape index (κ2) is 4.76. The van der Waals surface area contributed by atoms with E-state index in [1.54, 1.807) is 0 Å². The fourth-order valence-electron chi connectivity index (χ4n) is 4.19. The molecule has 3 heteroatoms. The fourth-order valence-corrected chi connectivity index (χ4v) is 4.19. The molecule has 3 atom stereocenters. The molecule has 1 N–H and O–H groups in total. The standard InChI is InChI=1S/C16H28N2O/c1-4-12-10-13(12)18-14(9-11(2)3)17-16(15(18)19)7-5-6-8-16/h11-14,17H,4-10H2,1-3H3. The second-order valence-corrected chi connectivity index (χ2v) is 7.26. The van der Waals surface area contributed by atoms with Crippen LogP contribution in [0.15, 0.2) is 0 Å². The molecule has 0 aromatic heterocycles. The highest BCUT2D eigenvalue weighted by atomic mass is 16.2. The number of amides is 1. The van der Waals surface area contributed by atoms with E-state index in [1.807, 2.05) is 0 Å². The molecule has 1 spiro atoms. The summed E-state index contributed by atoms with van der Waals surface area (Å²) < 4.78 is 0. The van der Waals surface area contributed by atoms with Gasteiger partial charge in [-0.25, -0.2) is 0 Å². The summed E-state index contributed by atoms with van der Waals surface area (Å²) in [6.07, 6.45) is 8.38. The van der Waals surface area contributed by atoms with E-state index < -0.39 is 0 Å². The molecule has 0 bridgehead atoms. The zero-order chi connectivity index (χ0) is 13.6. The molecular formula is C16H28N2O. The third kappa shape index (κ3) is 2.20. The summed E-state index contributed by atoms with van der Waals surface area (Å²) >= 11 is 0. The minimum absolute atomic E-state index is 0.180.